The Bertz CT molecular complexity index is 1690. The second kappa shape index (κ2) is 13.1. The van der Waals surface area contributed by atoms with Gasteiger partial charge in [-0.3, -0.25) is 19.3 Å². The van der Waals surface area contributed by atoms with Crippen LogP contribution in [0.2, 0.25) is 0 Å². The third kappa shape index (κ3) is 6.28. The van der Waals surface area contributed by atoms with Crippen molar-refractivity contribution in [2.75, 3.05) is 5.75 Å². The number of benzene rings is 3. The van der Waals surface area contributed by atoms with Crippen molar-refractivity contribution in [3.8, 4) is 0 Å². The number of primary amides is 1. The lowest BCUT2D eigenvalue weighted by atomic mass is 10.0. The van der Waals surface area contributed by atoms with E-state index < -0.39 is 35.3 Å². The summed E-state index contributed by atoms with van der Waals surface area (Å²) in [5.41, 5.74) is 8.00. The van der Waals surface area contributed by atoms with Crippen molar-refractivity contribution in [1.29, 1.82) is 0 Å². The van der Waals surface area contributed by atoms with Gasteiger partial charge in [-0.25, -0.2) is 9.78 Å². The smallest absolute Gasteiger partial charge is 0.356 e. The highest BCUT2D eigenvalue weighted by molar-refractivity contribution is 8.07. The molecular formula is C32H26N4O5S3. The summed E-state index contributed by atoms with van der Waals surface area (Å²) < 4.78 is 6.68. The second-order valence-corrected chi connectivity index (χ2v) is 13.3. The van der Waals surface area contributed by atoms with Gasteiger partial charge in [0.05, 0.1) is 6.42 Å². The third-order valence-corrected chi connectivity index (χ3v) is 10.5. The molecule has 4 aromatic rings. The average molecular weight is 643 g/mol. The number of fused-ring (bicyclic) bond motifs is 1. The topological polar surface area (TPSA) is 132 Å². The van der Waals surface area contributed by atoms with E-state index >= 15 is 0 Å². The van der Waals surface area contributed by atoms with Crippen LogP contribution in [-0.2, 0) is 25.5 Å². The molecule has 3 aromatic carbocycles. The van der Waals surface area contributed by atoms with Crippen LogP contribution < -0.4 is 11.1 Å². The number of thiazole rings is 1. The fourth-order valence-electron chi connectivity index (χ4n) is 4.93. The molecule has 44 heavy (non-hydrogen) atoms. The van der Waals surface area contributed by atoms with E-state index in [-0.39, 0.29) is 23.7 Å². The summed E-state index contributed by atoms with van der Waals surface area (Å²) in [6, 6.07) is 27.2. The molecule has 12 heteroatoms. The number of esters is 1. The summed E-state index contributed by atoms with van der Waals surface area (Å²) in [5, 5.41) is 3.92. The van der Waals surface area contributed by atoms with Gasteiger partial charge in [-0.05, 0) is 16.7 Å². The first kappa shape index (κ1) is 29.7. The Kier molecular flexibility index (Phi) is 8.82. The van der Waals surface area contributed by atoms with Crippen LogP contribution in [0, 0.1) is 0 Å². The van der Waals surface area contributed by atoms with Crippen LogP contribution in [0.5, 0.6) is 0 Å². The summed E-state index contributed by atoms with van der Waals surface area (Å²) in [5.74, 6) is -1.65. The van der Waals surface area contributed by atoms with Gasteiger partial charge < -0.3 is 15.8 Å². The molecule has 3 heterocycles. The van der Waals surface area contributed by atoms with Crippen molar-refractivity contribution in [2.45, 2.75) is 28.3 Å². The molecule has 1 aromatic heterocycles. The molecule has 3 amide bonds. The third-order valence-electron chi connectivity index (χ3n) is 7.03. The highest BCUT2D eigenvalue weighted by Crippen LogP contribution is 2.46. The van der Waals surface area contributed by atoms with E-state index in [1.807, 2.05) is 91.0 Å². The van der Waals surface area contributed by atoms with E-state index in [2.05, 4.69) is 10.3 Å². The number of hydrogen-bond donors (Lipinski definition) is 2. The van der Waals surface area contributed by atoms with E-state index in [1.54, 1.807) is 5.38 Å². The number of β-lactam (4-membered cyclic amide) rings is 1. The van der Waals surface area contributed by atoms with Crippen LogP contribution in [0.1, 0.15) is 33.3 Å². The minimum atomic E-state index is -0.786. The largest absolute Gasteiger partial charge is 0.448 e. The first-order valence-corrected chi connectivity index (χ1v) is 16.4. The van der Waals surface area contributed by atoms with Gasteiger partial charge in [0.15, 0.2) is 10.4 Å². The van der Waals surface area contributed by atoms with Crippen molar-refractivity contribution in [2.24, 2.45) is 5.73 Å². The number of rotatable bonds is 10. The lowest BCUT2D eigenvalue weighted by Gasteiger charge is -2.49. The second-order valence-electron chi connectivity index (χ2n) is 9.96. The fourth-order valence-corrected chi connectivity index (χ4v) is 8.37. The molecule has 9 nitrogen and oxygen atoms in total. The SMILES string of the molecule is NC(=O)c1csc(SC2=C(C(=O)OC(c3ccccc3)c3ccccc3)N3C(=O)[C@@H](NC(=O)Cc4ccccc4)[C@H]3SC2)n1. The predicted octanol–water partition coefficient (Wildman–Crippen LogP) is 4.52. The maximum atomic E-state index is 14.1. The molecule has 3 N–H and O–H groups in total. The van der Waals surface area contributed by atoms with Gasteiger partial charge in [0.25, 0.3) is 11.8 Å². The van der Waals surface area contributed by atoms with Crippen molar-refractivity contribution in [3.63, 3.8) is 0 Å². The van der Waals surface area contributed by atoms with Crippen LogP contribution in [0.25, 0.3) is 0 Å². The molecule has 0 bridgehead atoms. The number of hydrogen-bond acceptors (Lipinski definition) is 9. The Morgan fingerprint density at radius 3 is 2.18 bits per heavy atom. The highest BCUT2D eigenvalue weighted by atomic mass is 32.2. The molecule has 0 aliphatic carbocycles. The van der Waals surface area contributed by atoms with Crippen molar-refractivity contribution < 1.29 is 23.9 Å². The zero-order chi connectivity index (χ0) is 30.6. The number of nitrogens with one attached hydrogen (secondary N) is 1. The maximum Gasteiger partial charge on any atom is 0.356 e. The standard InChI is InChI=1S/C32H26N4O5S3/c33-28(38)22-17-43-32(34-22)44-23-18-42-30-25(35-24(37)16-19-10-4-1-5-11-19)29(39)36(30)26(23)31(40)41-27(20-12-6-2-7-13-20)21-14-8-3-9-15-21/h1-15,17,25,27,30H,16,18H2,(H2,33,38)(H,35,37)/t25-,30-/m1/s1. The molecule has 1 fully saturated rings. The lowest BCUT2D eigenvalue weighted by molar-refractivity contribution is -0.154. The van der Waals surface area contributed by atoms with Gasteiger partial charge in [-0.15, -0.1) is 23.1 Å². The van der Waals surface area contributed by atoms with Gasteiger partial charge in [0.2, 0.25) is 5.91 Å². The Labute approximate surface area is 265 Å². The summed E-state index contributed by atoms with van der Waals surface area (Å²) in [6.45, 7) is 0. The summed E-state index contributed by atoms with van der Waals surface area (Å²) in [7, 11) is 0. The first-order chi connectivity index (χ1) is 21.4. The van der Waals surface area contributed by atoms with Crippen molar-refractivity contribution in [3.05, 3.63) is 129 Å². The first-order valence-electron chi connectivity index (χ1n) is 13.6. The van der Waals surface area contributed by atoms with Gasteiger partial charge >= 0.3 is 5.97 Å². The van der Waals surface area contributed by atoms with Crippen molar-refractivity contribution in [1.82, 2.24) is 15.2 Å². The molecule has 0 unspecified atom stereocenters. The zero-order valence-electron chi connectivity index (χ0n) is 23.1. The minimum absolute atomic E-state index is 0.102. The van der Waals surface area contributed by atoms with E-state index in [0.717, 1.165) is 16.7 Å². The van der Waals surface area contributed by atoms with Crippen LogP contribution in [0.3, 0.4) is 0 Å². The molecule has 0 radical (unpaired) electrons. The molecule has 2 aliphatic rings. The molecule has 0 spiro atoms. The van der Waals surface area contributed by atoms with Gasteiger partial charge in [0, 0.05) is 16.0 Å². The van der Waals surface area contributed by atoms with Crippen molar-refractivity contribution >= 4 is 58.6 Å². The van der Waals surface area contributed by atoms with E-state index in [9.17, 15) is 19.2 Å². The lowest BCUT2D eigenvalue weighted by Crippen LogP contribution is -2.70. The van der Waals surface area contributed by atoms with Crippen LogP contribution in [0.4, 0.5) is 0 Å². The molecule has 222 valence electrons. The van der Waals surface area contributed by atoms with Crippen LogP contribution in [0.15, 0.2) is 111 Å². The number of thioether (sulfide) groups is 2. The van der Waals surface area contributed by atoms with E-state index in [4.69, 9.17) is 10.5 Å². The average Bonchev–Trinajstić information content (AvgIpc) is 3.52. The normalized spacial score (nSPS) is 17.6. The quantitative estimate of drug-likeness (QED) is 0.191. The summed E-state index contributed by atoms with van der Waals surface area (Å²) in [6.07, 6.45) is -0.591. The highest BCUT2D eigenvalue weighted by Gasteiger charge is 2.55. The number of nitrogens with two attached hydrogens (primary N) is 1. The van der Waals surface area contributed by atoms with E-state index in [0.29, 0.717) is 15.0 Å². The molecule has 2 atom stereocenters. The number of nitrogens with zero attached hydrogens (tertiary/aromatic N) is 2. The van der Waals surface area contributed by atoms with Gasteiger partial charge in [-0.1, -0.05) is 103 Å². The van der Waals surface area contributed by atoms with Gasteiger partial charge in [0.1, 0.15) is 22.8 Å². The van der Waals surface area contributed by atoms with Crippen LogP contribution in [-0.4, -0.2) is 50.7 Å². The van der Waals surface area contributed by atoms with E-state index in [1.165, 1.54) is 39.8 Å². The fraction of sp³-hybridized carbons (Fsp3) is 0.156. The summed E-state index contributed by atoms with van der Waals surface area (Å²) in [4.78, 5) is 58.4. The maximum absolute atomic E-state index is 14.1. The Hall–Kier alpha value is -4.39. The molecular weight excluding hydrogens is 617 g/mol. The molecule has 0 saturated carbocycles. The van der Waals surface area contributed by atoms with Crippen LogP contribution >= 0.6 is 34.9 Å². The number of ether oxygens (including phenoxy) is 1. The predicted molar refractivity (Wildman–Crippen MR) is 170 cm³/mol. The number of carbonyl (C=O) groups is 4. The molecule has 6 rings (SSSR count). The minimum Gasteiger partial charge on any atom is -0.448 e. The van der Waals surface area contributed by atoms with Gasteiger partial charge in [-0.2, -0.15) is 0 Å². The molecule has 1 saturated heterocycles. The Balaban J connectivity index is 1.29. The number of aromatic nitrogens is 1. The Morgan fingerprint density at radius 2 is 1.59 bits per heavy atom. The number of amides is 3. The molecule has 2 aliphatic heterocycles. The monoisotopic (exact) mass is 642 g/mol. The summed E-state index contributed by atoms with van der Waals surface area (Å²) >= 11 is 3.85. The number of carbonyl (C=O) groups excluding carboxylic acids is 4. The zero-order valence-corrected chi connectivity index (χ0v) is 25.6. The Morgan fingerprint density at radius 1 is 0.977 bits per heavy atom.